The summed E-state index contributed by atoms with van der Waals surface area (Å²) in [5.74, 6) is -0.464. The molecule has 3 N–H and O–H groups in total. The first-order valence-electron chi connectivity index (χ1n) is 5.93. The summed E-state index contributed by atoms with van der Waals surface area (Å²) in [6, 6.07) is 6.74. The fraction of sp³-hybridized carbons (Fsp3) is 0.385. The third-order valence-electron chi connectivity index (χ3n) is 2.41. The number of ether oxygens (including phenoxy) is 1. The van der Waals surface area contributed by atoms with Crippen molar-refractivity contribution >= 4 is 12.0 Å². The van der Waals surface area contributed by atoms with Crippen LogP contribution in [0.3, 0.4) is 0 Å². The number of carbonyl (C=O) groups excluding carboxylic acids is 2. The van der Waals surface area contributed by atoms with Gasteiger partial charge in [0.15, 0.2) is 0 Å². The number of hydrogen-bond acceptors (Lipinski definition) is 3. The molecule has 0 radical (unpaired) electrons. The number of rotatable bonds is 6. The number of nitrogens with two attached hydrogens (primary N) is 1. The maximum Gasteiger partial charge on any atom is 0.407 e. The molecule has 0 aliphatic rings. The summed E-state index contributed by atoms with van der Waals surface area (Å²) in [5, 5.41) is 2.63. The number of hydrogen-bond donors (Lipinski definition) is 2. The number of alkyl carbamates (subject to hydrolysis) is 1. The van der Waals surface area contributed by atoms with Crippen LogP contribution in [0.15, 0.2) is 24.3 Å². The molecule has 1 rings (SSSR count). The van der Waals surface area contributed by atoms with Gasteiger partial charge in [-0.25, -0.2) is 4.79 Å². The van der Waals surface area contributed by atoms with E-state index in [4.69, 9.17) is 10.5 Å². The van der Waals surface area contributed by atoms with Gasteiger partial charge in [0, 0.05) is 12.1 Å². The number of nitrogens with one attached hydrogen (secondary N) is 1. The van der Waals surface area contributed by atoms with Gasteiger partial charge in [0.2, 0.25) is 5.91 Å². The van der Waals surface area contributed by atoms with Gasteiger partial charge >= 0.3 is 6.09 Å². The van der Waals surface area contributed by atoms with Crippen LogP contribution in [-0.4, -0.2) is 18.6 Å². The van der Waals surface area contributed by atoms with E-state index < -0.39 is 12.0 Å². The third-order valence-corrected chi connectivity index (χ3v) is 2.41. The maximum absolute atomic E-state index is 11.3. The molecule has 0 atom stereocenters. The van der Waals surface area contributed by atoms with Crippen molar-refractivity contribution in [3.63, 3.8) is 0 Å². The Morgan fingerprint density at radius 2 is 1.94 bits per heavy atom. The summed E-state index contributed by atoms with van der Waals surface area (Å²) in [5.41, 5.74) is 6.46. The highest BCUT2D eigenvalue weighted by Crippen LogP contribution is 2.03. The van der Waals surface area contributed by atoms with Crippen LogP contribution in [0.1, 0.15) is 35.7 Å². The summed E-state index contributed by atoms with van der Waals surface area (Å²) in [4.78, 5) is 22.1. The monoisotopic (exact) mass is 250 g/mol. The standard InChI is InChI=1S/C13H18N2O3/c1-2-3-8-18-13(17)15-9-10-4-6-11(7-5-10)12(14)16/h4-7H,2-3,8-9H2,1H3,(H2,14,16)(H,15,17). The van der Waals surface area contributed by atoms with Crippen LogP contribution >= 0.6 is 0 Å². The Hall–Kier alpha value is -2.04. The fourth-order valence-corrected chi connectivity index (χ4v) is 1.32. The second-order valence-corrected chi connectivity index (χ2v) is 3.90. The number of amides is 2. The van der Waals surface area contributed by atoms with Crippen LogP contribution in [0.2, 0.25) is 0 Å². The van der Waals surface area contributed by atoms with Crippen molar-refractivity contribution in [3.05, 3.63) is 35.4 Å². The Morgan fingerprint density at radius 3 is 2.50 bits per heavy atom. The molecular weight excluding hydrogens is 232 g/mol. The molecule has 0 aliphatic heterocycles. The molecule has 98 valence electrons. The molecule has 0 saturated heterocycles. The van der Waals surface area contributed by atoms with Crippen molar-refractivity contribution in [1.29, 1.82) is 0 Å². The predicted molar refractivity (Wildman–Crippen MR) is 68.1 cm³/mol. The summed E-state index contributed by atoms with van der Waals surface area (Å²) in [7, 11) is 0. The van der Waals surface area contributed by atoms with Gasteiger partial charge in [-0.15, -0.1) is 0 Å². The van der Waals surface area contributed by atoms with Crippen molar-refractivity contribution in [2.45, 2.75) is 26.3 Å². The minimum atomic E-state index is -0.464. The van der Waals surface area contributed by atoms with E-state index in [0.29, 0.717) is 18.7 Å². The van der Waals surface area contributed by atoms with Crippen molar-refractivity contribution in [2.75, 3.05) is 6.61 Å². The van der Waals surface area contributed by atoms with Gasteiger partial charge in [0.05, 0.1) is 6.61 Å². The smallest absolute Gasteiger partial charge is 0.407 e. The van der Waals surface area contributed by atoms with Crippen LogP contribution < -0.4 is 11.1 Å². The van der Waals surface area contributed by atoms with Gasteiger partial charge in [0.1, 0.15) is 0 Å². The van der Waals surface area contributed by atoms with Crippen molar-refractivity contribution in [1.82, 2.24) is 5.32 Å². The average Bonchev–Trinajstić information content (AvgIpc) is 2.37. The Bertz CT molecular complexity index is 401. The summed E-state index contributed by atoms with van der Waals surface area (Å²) in [6.45, 7) is 2.83. The zero-order valence-corrected chi connectivity index (χ0v) is 10.4. The predicted octanol–water partition coefficient (Wildman–Crippen LogP) is 1.81. The number of carbonyl (C=O) groups is 2. The molecule has 0 heterocycles. The summed E-state index contributed by atoms with van der Waals surface area (Å²) in [6.07, 6.45) is 1.42. The molecule has 5 heteroatoms. The lowest BCUT2D eigenvalue weighted by atomic mass is 10.1. The molecule has 2 amide bonds. The van der Waals surface area contributed by atoms with E-state index in [2.05, 4.69) is 5.32 Å². The molecule has 1 aromatic carbocycles. The summed E-state index contributed by atoms with van der Waals surface area (Å²) < 4.78 is 4.94. The van der Waals surface area contributed by atoms with E-state index in [1.54, 1.807) is 24.3 Å². The molecule has 5 nitrogen and oxygen atoms in total. The van der Waals surface area contributed by atoms with E-state index in [0.717, 1.165) is 18.4 Å². The SMILES string of the molecule is CCCCOC(=O)NCc1ccc(C(N)=O)cc1. The topological polar surface area (TPSA) is 81.4 Å². The molecule has 0 spiro atoms. The lowest BCUT2D eigenvalue weighted by Crippen LogP contribution is -2.24. The zero-order valence-electron chi connectivity index (χ0n) is 10.4. The average molecular weight is 250 g/mol. The first-order chi connectivity index (χ1) is 8.63. The van der Waals surface area contributed by atoms with Gasteiger partial charge < -0.3 is 15.8 Å². The van der Waals surface area contributed by atoms with Crippen molar-refractivity contribution in [2.24, 2.45) is 5.73 Å². The lowest BCUT2D eigenvalue weighted by molar-refractivity contribution is 0.1000. The Morgan fingerprint density at radius 1 is 1.28 bits per heavy atom. The van der Waals surface area contributed by atoms with Gasteiger partial charge in [-0.1, -0.05) is 25.5 Å². The third kappa shape index (κ3) is 4.86. The zero-order chi connectivity index (χ0) is 13.4. The first-order valence-corrected chi connectivity index (χ1v) is 5.93. The second-order valence-electron chi connectivity index (χ2n) is 3.90. The van der Waals surface area contributed by atoms with Crippen molar-refractivity contribution in [3.8, 4) is 0 Å². The van der Waals surface area contributed by atoms with E-state index in [1.165, 1.54) is 0 Å². The van der Waals surface area contributed by atoms with Gasteiger partial charge in [0.25, 0.3) is 0 Å². The molecule has 18 heavy (non-hydrogen) atoms. The van der Waals surface area contributed by atoms with Crippen LogP contribution in [-0.2, 0) is 11.3 Å². The van der Waals surface area contributed by atoms with Crippen LogP contribution in [0, 0.1) is 0 Å². The highest BCUT2D eigenvalue weighted by atomic mass is 16.5. The number of primary amides is 1. The highest BCUT2D eigenvalue weighted by Gasteiger charge is 2.03. The minimum absolute atomic E-state index is 0.365. The lowest BCUT2D eigenvalue weighted by Gasteiger charge is -2.06. The molecule has 0 aromatic heterocycles. The molecule has 0 aliphatic carbocycles. The fourth-order valence-electron chi connectivity index (χ4n) is 1.32. The van der Waals surface area contributed by atoms with Crippen LogP contribution in [0.25, 0.3) is 0 Å². The number of unbranched alkanes of at least 4 members (excludes halogenated alkanes) is 1. The second kappa shape index (κ2) is 7.32. The van der Waals surface area contributed by atoms with E-state index in [1.807, 2.05) is 6.92 Å². The quantitative estimate of drug-likeness (QED) is 0.755. The minimum Gasteiger partial charge on any atom is -0.450 e. The highest BCUT2D eigenvalue weighted by molar-refractivity contribution is 5.92. The van der Waals surface area contributed by atoms with Crippen LogP contribution in [0.4, 0.5) is 4.79 Å². The first kappa shape index (κ1) is 14.0. The van der Waals surface area contributed by atoms with Gasteiger partial charge in [-0.3, -0.25) is 4.79 Å². The number of benzene rings is 1. The van der Waals surface area contributed by atoms with Gasteiger partial charge in [-0.2, -0.15) is 0 Å². The molecule has 1 aromatic rings. The van der Waals surface area contributed by atoms with E-state index >= 15 is 0 Å². The van der Waals surface area contributed by atoms with Gasteiger partial charge in [-0.05, 0) is 24.1 Å². The molecule has 0 unspecified atom stereocenters. The van der Waals surface area contributed by atoms with E-state index in [-0.39, 0.29) is 0 Å². The maximum atomic E-state index is 11.3. The largest absolute Gasteiger partial charge is 0.450 e. The van der Waals surface area contributed by atoms with E-state index in [9.17, 15) is 9.59 Å². The molecule has 0 saturated carbocycles. The Kier molecular flexibility index (Phi) is 5.70. The Balaban J connectivity index is 2.34. The molecule has 0 fully saturated rings. The van der Waals surface area contributed by atoms with Crippen molar-refractivity contribution < 1.29 is 14.3 Å². The molecule has 0 bridgehead atoms. The normalized spacial score (nSPS) is 9.83. The Labute approximate surface area is 106 Å². The summed E-state index contributed by atoms with van der Waals surface area (Å²) >= 11 is 0. The molecular formula is C13H18N2O3. The van der Waals surface area contributed by atoms with Crippen LogP contribution in [0.5, 0.6) is 0 Å².